The van der Waals surface area contributed by atoms with E-state index in [1.54, 1.807) is 12.1 Å². The van der Waals surface area contributed by atoms with E-state index < -0.39 is 6.10 Å². The molecule has 3 N–H and O–H groups in total. The topological polar surface area (TPSA) is 71.0 Å². The average Bonchev–Trinajstić information content (AvgIpc) is 2.94. The second-order valence-electron chi connectivity index (χ2n) is 5.12. The minimum atomic E-state index is -0.520. The van der Waals surface area contributed by atoms with Crippen molar-refractivity contribution in [1.82, 2.24) is 5.32 Å². The largest absolute Gasteiger partial charge is 0.508 e. The van der Waals surface area contributed by atoms with Crippen molar-refractivity contribution in [3.8, 4) is 5.75 Å². The lowest BCUT2D eigenvalue weighted by molar-refractivity contribution is -0.0164. The Morgan fingerprint density at radius 2 is 2.15 bits per heavy atom. The number of benzene rings is 1. The van der Waals surface area contributed by atoms with E-state index >= 15 is 0 Å². The van der Waals surface area contributed by atoms with E-state index in [0.717, 1.165) is 25.0 Å². The van der Waals surface area contributed by atoms with Crippen molar-refractivity contribution in [2.24, 2.45) is 0 Å². The number of aromatic hydroxyl groups is 1. The Bertz CT molecular complexity index is 376. The fourth-order valence-electron chi connectivity index (χ4n) is 2.17. The summed E-state index contributed by atoms with van der Waals surface area (Å²) in [6.07, 6.45) is 1.83. The Kier molecular flexibility index (Phi) is 6.26. The van der Waals surface area contributed by atoms with Crippen molar-refractivity contribution in [2.45, 2.75) is 31.6 Å². The van der Waals surface area contributed by atoms with Crippen molar-refractivity contribution in [3.63, 3.8) is 0 Å². The number of rotatable bonds is 8. The summed E-state index contributed by atoms with van der Waals surface area (Å²) in [4.78, 5) is 0. The zero-order valence-corrected chi connectivity index (χ0v) is 11.6. The number of phenols is 1. The first-order valence-corrected chi connectivity index (χ1v) is 7.10. The molecule has 20 heavy (non-hydrogen) atoms. The van der Waals surface area contributed by atoms with Crippen LogP contribution in [-0.4, -0.2) is 48.8 Å². The van der Waals surface area contributed by atoms with Gasteiger partial charge in [0, 0.05) is 19.7 Å². The van der Waals surface area contributed by atoms with Crippen LogP contribution in [0.15, 0.2) is 24.3 Å². The van der Waals surface area contributed by atoms with E-state index in [-0.39, 0.29) is 11.9 Å². The monoisotopic (exact) mass is 281 g/mol. The van der Waals surface area contributed by atoms with Gasteiger partial charge in [0.1, 0.15) is 5.75 Å². The first-order chi connectivity index (χ1) is 9.74. The first kappa shape index (κ1) is 15.3. The van der Waals surface area contributed by atoms with Gasteiger partial charge in [0.05, 0.1) is 25.4 Å². The molecule has 2 rings (SSSR count). The fraction of sp³-hybridized carbons (Fsp3) is 0.600. The van der Waals surface area contributed by atoms with E-state index in [4.69, 9.17) is 9.47 Å². The molecular weight excluding hydrogens is 258 g/mol. The lowest BCUT2D eigenvalue weighted by atomic mass is 10.2. The van der Waals surface area contributed by atoms with Gasteiger partial charge in [-0.1, -0.05) is 12.1 Å². The zero-order valence-electron chi connectivity index (χ0n) is 11.6. The maximum atomic E-state index is 9.78. The predicted molar refractivity (Wildman–Crippen MR) is 75.6 cm³/mol. The molecule has 0 amide bonds. The Labute approximate surface area is 119 Å². The number of hydrogen-bond acceptors (Lipinski definition) is 5. The lowest BCUT2D eigenvalue weighted by Crippen LogP contribution is -2.31. The summed E-state index contributed by atoms with van der Waals surface area (Å²) in [6, 6.07) is 7.00. The van der Waals surface area contributed by atoms with Gasteiger partial charge in [-0.15, -0.1) is 0 Å². The molecular formula is C15H23NO4. The molecule has 0 aliphatic carbocycles. The van der Waals surface area contributed by atoms with Gasteiger partial charge in [0.25, 0.3) is 0 Å². The summed E-state index contributed by atoms with van der Waals surface area (Å²) < 4.78 is 10.9. The molecule has 0 spiro atoms. The predicted octanol–water partition coefficient (Wildman–Crippen LogP) is 1.04. The van der Waals surface area contributed by atoms with E-state index in [9.17, 15) is 10.2 Å². The van der Waals surface area contributed by atoms with E-state index in [1.165, 1.54) is 0 Å². The summed E-state index contributed by atoms with van der Waals surface area (Å²) in [5.74, 6) is 0.260. The SMILES string of the molecule is Oc1ccc(CNCC(O)COCC2CCCO2)cc1. The number of phenolic OH excluding ortho intramolecular Hbond substituents is 1. The van der Waals surface area contributed by atoms with Gasteiger partial charge in [-0.05, 0) is 30.5 Å². The minimum Gasteiger partial charge on any atom is -0.508 e. The third-order valence-electron chi connectivity index (χ3n) is 3.28. The molecule has 5 nitrogen and oxygen atoms in total. The van der Waals surface area contributed by atoms with Crippen LogP contribution in [0, 0.1) is 0 Å². The third kappa shape index (κ3) is 5.46. The highest BCUT2D eigenvalue weighted by Crippen LogP contribution is 2.12. The molecule has 1 aliphatic heterocycles. The second kappa shape index (κ2) is 8.21. The molecule has 0 radical (unpaired) electrons. The summed E-state index contributed by atoms with van der Waals surface area (Å²) in [6.45, 7) is 2.84. The number of nitrogens with one attached hydrogen (secondary N) is 1. The maximum Gasteiger partial charge on any atom is 0.115 e. The van der Waals surface area contributed by atoms with E-state index in [2.05, 4.69) is 5.32 Å². The normalized spacial score (nSPS) is 20.1. The molecule has 2 atom stereocenters. The van der Waals surface area contributed by atoms with Crippen LogP contribution in [-0.2, 0) is 16.0 Å². The highest BCUT2D eigenvalue weighted by Gasteiger charge is 2.15. The smallest absolute Gasteiger partial charge is 0.115 e. The number of aliphatic hydroxyl groups excluding tert-OH is 1. The van der Waals surface area contributed by atoms with Crippen LogP contribution in [0.4, 0.5) is 0 Å². The summed E-state index contributed by atoms with van der Waals surface area (Å²) in [5, 5.41) is 22.1. The van der Waals surface area contributed by atoms with Gasteiger partial charge in [-0.3, -0.25) is 0 Å². The Morgan fingerprint density at radius 3 is 2.85 bits per heavy atom. The molecule has 1 fully saturated rings. The van der Waals surface area contributed by atoms with Crippen molar-refractivity contribution in [3.05, 3.63) is 29.8 Å². The zero-order chi connectivity index (χ0) is 14.2. The third-order valence-corrected chi connectivity index (χ3v) is 3.28. The van der Waals surface area contributed by atoms with Gasteiger partial charge in [-0.2, -0.15) is 0 Å². The fourth-order valence-corrected chi connectivity index (χ4v) is 2.17. The Morgan fingerprint density at radius 1 is 1.35 bits per heavy atom. The minimum absolute atomic E-state index is 0.201. The lowest BCUT2D eigenvalue weighted by Gasteiger charge is -2.14. The molecule has 0 bridgehead atoms. The molecule has 112 valence electrons. The van der Waals surface area contributed by atoms with Crippen LogP contribution in [0.1, 0.15) is 18.4 Å². The molecule has 0 saturated carbocycles. The van der Waals surface area contributed by atoms with Crippen molar-refractivity contribution < 1.29 is 19.7 Å². The summed E-state index contributed by atoms with van der Waals surface area (Å²) in [5.41, 5.74) is 1.07. The standard InChI is InChI=1S/C15H23NO4/c17-13-5-3-12(4-6-13)8-16-9-14(18)10-19-11-15-2-1-7-20-15/h3-6,14-18H,1-2,7-11H2. The Hall–Kier alpha value is -1.14. The second-order valence-corrected chi connectivity index (χ2v) is 5.12. The molecule has 1 heterocycles. The van der Waals surface area contributed by atoms with E-state index in [0.29, 0.717) is 26.3 Å². The highest BCUT2D eigenvalue weighted by molar-refractivity contribution is 5.25. The van der Waals surface area contributed by atoms with Gasteiger partial charge >= 0.3 is 0 Å². The van der Waals surface area contributed by atoms with Gasteiger partial charge < -0.3 is 25.0 Å². The number of hydrogen-bond donors (Lipinski definition) is 3. The van der Waals surface area contributed by atoms with Crippen LogP contribution >= 0.6 is 0 Å². The van der Waals surface area contributed by atoms with Crippen LogP contribution in [0.3, 0.4) is 0 Å². The number of ether oxygens (including phenoxy) is 2. The molecule has 5 heteroatoms. The molecule has 1 aromatic rings. The van der Waals surface area contributed by atoms with Crippen molar-refractivity contribution in [2.75, 3.05) is 26.4 Å². The van der Waals surface area contributed by atoms with Crippen LogP contribution < -0.4 is 5.32 Å². The summed E-state index contributed by atoms with van der Waals surface area (Å²) in [7, 11) is 0. The summed E-state index contributed by atoms with van der Waals surface area (Å²) >= 11 is 0. The van der Waals surface area contributed by atoms with Crippen LogP contribution in [0.25, 0.3) is 0 Å². The first-order valence-electron chi connectivity index (χ1n) is 7.10. The van der Waals surface area contributed by atoms with Crippen LogP contribution in [0.5, 0.6) is 5.75 Å². The maximum absolute atomic E-state index is 9.78. The highest BCUT2D eigenvalue weighted by atomic mass is 16.5. The van der Waals surface area contributed by atoms with Gasteiger partial charge in [-0.25, -0.2) is 0 Å². The molecule has 1 aliphatic rings. The molecule has 1 aromatic carbocycles. The average molecular weight is 281 g/mol. The molecule has 2 unspecified atom stereocenters. The van der Waals surface area contributed by atoms with Crippen molar-refractivity contribution in [1.29, 1.82) is 0 Å². The number of aliphatic hydroxyl groups is 1. The van der Waals surface area contributed by atoms with E-state index in [1.807, 2.05) is 12.1 Å². The Balaban J connectivity index is 1.53. The van der Waals surface area contributed by atoms with Crippen LogP contribution in [0.2, 0.25) is 0 Å². The molecule has 1 saturated heterocycles. The van der Waals surface area contributed by atoms with Gasteiger partial charge in [0.2, 0.25) is 0 Å². The van der Waals surface area contributed by atoms with Crippen molar-refractivity contribution >= 4 is 0 Å². The molecule has 0 aromatic heterocycles. The quantitative estimate of drug-likeness (QED) is 0.664. The van der Waals surface area contributed by atoms with Gasteiger partial charge in [0.15, 0.2) is 0 Å².